The maximum atomic E-state index is 14.4. The molecule has 0 aliphatic carbocycles. The number of nitrogens with zero attached hydrogens (tertiary/aromatic N) is 2. The Balaban J connectivity index is 1.82. The Bertz CT molecular complexity index is 1770. The molecule has 1 atom stereocenters. The average Bonchev–Trinajstić information content (AvgIpc) is 3.06. The molecule has 4 rings (SSSR count). The highest BCUT2D eigenvalue weighted by atomic mass is 32.2. The van der Waals surface area contributed by atoms with Gasteiger partial charge in [-0.05, 0) is 73.5 Å². The minimum atomic E-state index is -4.48. The summed E-state index contributed by atoms with van der Waals surface area (Å²) < 4.78 is 67.7. The van der Waals surface area contributed by atoms with Crippen molar-refractivity contribution in [2.24, 2.45) is 0 Å². The first-order valence-electron chi connectivity index (χ1n) is 14.8. The second-order valence-electron chi connectivity index (χ2n) is 11.0. The van der Waals surface area contributed by atoms with Gasteiger partial charge in [0, 0.05) is 25.1 Å². The molecule has 1 unspecified atom stereocenters. The number of nitrogens with one attached hydrogen (secondary N) is 1. The number of ether oxygens (including phenoxy) is 2. The molecule has 0 radical (unpaired) electrons. The lowest BCUT2D eigenvalue weighted by Gasteiger charge is -2.34. The van der Waals surface area contributed by atoms with Gasteiger partial charge < -0.3 is 19.7 Å². The molecule has 0 heterocycles. The third kappa shape index (κ3) is 8.85. The summed E-state index contributed by atoms with van der Waals surface area (Å²) in [5.41, 5.74) is 1.30. The van der Waals surface area contributed by atoms with Crippen molar-refractivity contribution in [1.82, 2.24) is 10.2 Å². The van der Waals surface area contributed by atoms with E-state index in [0.29, 0.717) is 11.3 Å². The fourth-order valence-corrected chi connectivity index (χ4v) is 6.39. The largest absolute Gasteiger partial charge is 0.493 e. The van der Waals surface area contributed by atoms with Gasteiger partial charge in [-0.25, -0.2) is 17.2 Å². The van der Waals surface area contributed by atoms with Crippen molar-refractivity contribution in [2.45, 2.75) is 43.8 Å². The lowest BCUT2D eigenvalue weighted by molar-refractivity contribution is -0.140. The Morgan fingerprint density at radius 1 is 0.787 bits per heavy atom. The second kappa shape index (κ2) is 15.5. The van der Waals surface area contributed by atoms with Crippen LogP contribution in [0.3, 0.4) is 0 Å². The van der Waals surface area contributed by atoms with Crippen molar-refractivity contribution in [2.75, 3.05) is 25.1 Å². The Morgan fingerprint density at radius 2 is 1.38 bits per heavy atom. The summed E-state index contributed by atoms with van der Waals surface area (Å²) >= 11 is 0. The van der Waals surface area contributed by atoms with Crippen molar-refractivity contribution < 1.29 is 36.3 Å². The normalized spacial score (nSPS) is 11.9. The molecule has 0 aromatic heterocycles. The summed E-state index contributed by atoms with van der Waals surface area (Å²) in [6.45, 7) is 2.70. The molecule has 248 valence electrons. The summed E-state index contributed by atoms with van der Waals surface area (Å²) in [5.74, 6) is -1.81. The zero-order valence-corrected chi connectivity index (χ0v) is 27.3. The first-order chi connectivity index (χ1) is 22.4. The lowest BCUT2D eigenvalue weighted by atomic mass is 10.0. The zero-order valence-electron chi connectivity index (χ0n) is 26.5. The van der Waals surface area contributed by atoms with E-state index < -0.39 is 46.1 Å². The van der Waals surface area contributed by atoms with Crippen LogP contribution in [0.25, 0.3) is 0 Å². The third-order valence-electron chi connectivity index (χ3n) is 7.30. The number of amides is 2. The highest BCUT2D eigenvalue weighted by Gasteiger charge is 2.35. The molecule has 0 saturated heterocycles. The van der Waals surface area contributed by atoms with Crippen molar-refractivity contribution >= 4 is 27.5 Å². The van der Waals surface area contributed by atoms with Crippen molar-refractivity contribution in [3.63, 3.8) is 0 Å². The minimum absolute atomic E-state index is 0.0162. The maximum absolute atomic E-state index is 14.4. The van der Waals surface area contributed by atoms with E-state index in [-0.39, 0.29) is 35.3 Å². The number of sulfonamides is 1. The van der Waals surface area contributed by atoms with E-state index in [2.05, 4.69) is 5.32 Å². The number of anilines is 1. The van der Waals surface area contributed by atoms with Gasteiger partial charge in [-0.3, -0.25) is 13.9 Å². The van der Waals surface area contributed by atoms with Crippen LogP contribution in [-0.4, -0.2) is 58.0 Å². The van der Waals surface area contributed by atoms with E-state index in [4.69, 9.17) is 9.47 Å². The van der Waals surface area contributed by atoms with Gasteiger partial charge in [0.2, 0.25) is 11.8 Å². The summed E-state index contributed by atoms with van der Waals surface area (Å²) in [7, 11) is -1.71. The Labute approximate surface area is 273 Å². The smallest absolute Gasteiger partial charge is 0.264 e. The molecule has 4 aromatic rings. The van der Waals surface area contributed by atoms with E-state index in [1.54, 1.807) is 13.8 Å². The van der Waals surface area contributed by atoms with Gasteiger partial charge in [0.1, 0.15) is 24.2 Å². The fourth-order valence-electron chi connectivity index (χ4n) is 4.96. The van der Waals surface area contributed by atoms with Crippen LogP contribution in [0, 0.1) is 11.6 Å². The van der Waals surface area contributed by atoms with Gasteiger partial charge in [0.05, 0.1) is 24.8 Å². The number of rotatable bonds is 14. The molecule has 47 heavy (non-hydrogen) atoms. The SMILES string of the molecule is COc1ccc(S(=O)(=O)N(CC(=O)N(Cc2ccc(F)cc2)C(Cc2ccccc2)C(=O)NC(C)C)c2ccc(F)cc2)cc1OC. The molecule has 9 nitrogen and oxygen atoms in total. The van der Waals surface area contributed by atoms with Crippen LogP contribution in [-0.2, 0) is 32.6 Å². The minimum Gasteiger partial charge on any atom is -0.493 e. The molecule has 12 heteroatoms. The van der Waals surface area contributed by atoms with E-state index in [0.717, 1.165) is 22.0 Å². The molecule has 0 spiro atoms. The lowest BCUT2D eigenvalue weighted by Crippen LogP contribution is -2.54. The number of hydrogen-bond donors (Lipinski definition) is 1. The summed E-state index contributed by atoms with van der Waals surface area (Å²) in [4.78, 5) is 29.2. The monoisotopic (exact) mass is 665 g/mol. The number of carbonyl (C=O) groups excluding carboxylic acids is 2. The molecule has 2 amide bonds. The molecule has 1 N–H and O–H groups in total. The quantitative estimate of drug-likeness (QED) is 0.195. The number of hydrogen-bond acceptors (Lipinski definition) is 6. The van der Waals surface area contributed by atoms with Crippen LogP contribution in [0.15, 0.2) is 102 Å². The van der Waals surface area contributed by atoms with Crippen LogP contribution < -0.4 is 19.1 Å². The molecule has 0 saturated carbocycles. The van der Waals surface area contributed by atoms with Gasteiger partial charge in [0.25, 0.3) is 10.0 Å². The summed E-state index contributed by atoms with van der Waals surface area (Å²) in [6, 6.07) is 21.9. The van der Waals surface area contributed by atoms with Crippen LogP contribution >= 0.6 is 0 Å². The Hall–Kier alpha value is -4.97. The van der Waals surface area contributed by atoms with Crippen molar-refractivity contribution in [3.05, 3.63) is 120 Å². The molecular formula is C35H37F2N3O6S. The van der Waals surface area contributed by atoms with Gasteiger partial charge >= 0.3 is 0 Å². The standard InChI is InChI=1S/C35H37F2N3O6S/c1-24(2)38-35(42)31(20-25-8-6-5-7-9-25)39(22-26-10-12-27(36)13-11-26)34(41)23-40(29-16-14-28(37)15-17-29)47(43,44)30-18-19-32(45-3)33(21-30)46-4/h5-19,21,24,31H,20,22-23H2,1-4H3,(H,38,42). The van der Waals surface area contributed by atoms with E-state index >= 15 is 0 Å². The molecule has 0 aliphatic heterocycles. The number of benzene rings is 4. The average molecular weight is 666 g/mol. The van der Waals surface area contributed by atoms with Crippen LogP contribution in [0.1, 0.15) is 25.0 Å². The number of methoxy groups -OCH3 is 2. The van der Waals surface area contributed by atoms with Gasteiger partial charge in [-0.2, -0.15) is 0 Å². The first kappa shape index (κ1) is 34.9. The highest BCUT2D eigenvalue weighted by Crippen LogP contribution is 2.32. The first-order valence-corrected chi connectivity index (χ1v) is 16.3. The van der Waals surface area contributed by atoms with Crippen molar-refractivity contribution in [3.8, 4) is 11.5 Å². The molecular weight excluding hydrogens is 628 g/mol. The van der Waals surface area contributed by atoms with E-state index in [1.807, 2.05) is 30.3 Å². The van der Waals surface area contributed by atoms with Crippen LogP contribution in [0.2, 0.25) is 0 Å². The zero-order chi connectivity index (χ0) is 34.1. The molecule has 4 aromatic carbocycles. The highest BCUT2D eigenvalue weighted by molar-refractivity contribution is 7.92. The Morgan fingerprint density at radius 3 is 1.96 bits per heavy atom. The van der Waals surface area contributed by atoms with Gasteiger partial charge in [-0.15, -0.1) is 0 Å². The van der Waals surface area contributed by atoms with Gasteiger partial charge in [-0.1, -0.05) is 42.5 Å². The summed E-state index contributed by atoms with van der Waals surface area (Å²) in [5, 5.41) is 2.87. The van der Waals surface area contributed by atoms with E-state index in [1.165, 1.54) is 73.7 Å². The van der Waals surface area contributed by atoms with Crippen molar-refractivity contribution in [1.29, 1.82) is 0 Å². The van der Waals surface area contributed by atoms with E-state index in [9.17, 15) is 26.8 Å². The number of carbonyl (C=O) groups is 2. The summed E-state index contributed by atoms with van der Waals surface area (Å²) in [6.07, 6.45) is 0.116. The van der Waals surface area contributed by atoms with Crippen LogP contribution in [0.5, 0.6) is 11.5 Å². The topological polar surface area (TPSA) is 105 Å². The molecule has 0 bridgehead atoms. The van der Waals surface area contributed by atoms with Crippen LogP contribution in [0.4, 0.5) is 14.5 Å². The number of halogens is 2. The molecule has 0 aliphatic rings. The molecule has 0 fully saturated rings. The fraction of sp³-hybridized carbons (Fsp3) is 0.257. The predicted molar refractivity (Wildman–Crippen MR) is 175 cm³/mol. The second-order valence-corrected chi connectivity index (χ2v) is 12.9. The maximum Gasteiger partial charge on any atom is 0.264 e. The Kier molecular flexibility index (Phi) is 11.5. The van der Waals surface area contributed by atoms with Gasteiger partial charge in [0.15, 0.2) is 11.5 Å². The predicted octanol–water partition coefficient (Wildman–Crippen LogP) is 5.34. The third-order valence-corrected chi connectivity index (χ3v) is 9.07.